The Kier molecular flexibility index (Phi) is 2.30. The van der Waals surface area contributed by atoms with Gasteiger partial charge < -0.3 is 0 Å². The van der Waals surface area contributed by atoms with Gasteiger partial charge in [0.15, 0.2) is 5.82 Å². The Labute approximate surface area is 103 Å². The maximum Gasteiger partial charge on any atom is 0.161 e. The lowest BCUT2D eigenvalue weighted by molar-refractivity contribution is 0.854. The van der Waals surface area contributed by atoms with Gasteiger partial charge in [-0.25, -0.2) is 14.6 Å². The van der Waals surface area contributed by atoms with Gasteiger partial charge in [-0.05, 0) is 13.0 Å². The first kappa shape index (κ1) is 10.2. The predicted molar refractivity (Wildman–Crippen MR) is 66.4 cm³/mol. The Morgan fingerprint density at radius 1 is 1.18 bits per heavy atom. The van der Waals surface area contributed by atoms with Gasteiger partial charge in [0.1, 0.15) is 11.5 Å². The maximum atomic E-state index is 5.99. The molecule has 1 aromatic carbocycles. The van der Waals surface area contributed by atoms with Crippen LogP contribution in [-0.2, 0) is 0 Å². The second-order valence-electron chi connectivity index (χ2n) is 3.73. The summed E-state index contributed by atoms with van der Waals surface area (Å²) in [7, 11) is 0. The third-order valence-electron chi connectivity index (χ3n) is 2.67. The molecule has 17 heavy (non-hydrogen) atoms. The molecule has 3 rings (SSSR count). The number of halogens is 1. The van der Waals surface area contributed by atoms with Crippen LogP contribution in [0.2, 0.25) is 5.15 Å². The average molecular weight is 245 g/mol. The second-order valence-corrected chi connectivity index (χ2v) is 4.09. The fourth-order valence-electron chi connectivity index (χ4n) is 1.77. The summed E-state index contributed by atoms with van der Waals surface area (Å²) in [6, 6.07) is 7.96. The lowest BCUT2D eigenvalue weighted by Gasteiger charge is -2.06. The van der Waals surface area contributed by atoms with Gasteiger partial charge in [-0.1, -0.05) is 29.8 Å². The van der Waals surface area contributed by atoms with Gasteiger partial charge in [0.05, 0.1) is 11.7 Å². The zero-order valence-electron chi connectivity index (χ0n) is 9.13. The average Bonchev–Trinajstić information content (AvgIpc) is 2.77. The van der Waals surface area contributed by atoms with Crippen LogP contribution in [-0.4, -0.2) is 19.7 Å². The molecule has 0 aliphatic carbocycles. The molecule has 5 heteroatoms. The Hall–Kier alpha value is -1.94. The van der Waals surface area contributed by atoms with E-state index in [9.17, 15) is 0 Å². The first-order chi connectivity index (χ1) is 8.27. The van der Waals surface area contributed by atoms with Crippen molar-refractivity contribution in [1.29, 1.82) is 0 Å². The zero-order chi connectivity index (χ0) is 11.8. The minimum Gasteiger partial charge on any atom is -0.224 e. The van der Waals surface area contributed by atoms with Crippen molar-refractivity contribution in [3.8, 4) is 5.82 Å². The van der Waals surface area contributed by atoms with Gasteiger partial charge in [0.25, 0.3) is 0 Å². The van der Waals surface area contributed by atoms with E-state index in [1.165, 1.54) is 6.33 Å². The minimum atomic E-state index is 0.453. The summed E-state index contributed by atoms with van der Waals surface area (Å²) in [4.78, 5) is 8.18. The topological polar surface area (TPSA) is 43.6 Å². The van der Waals surface area contributed by atoms with E-state index < -0.39 is 0 Å². The van der Waals surface area contributed by atoms with Crippen LogP contribution in [0.5, 0.6) is 0 Å². The molecule has 4 nitrogen and oxygen atoms in total. The third kappa shape index (κ3) is 1.57. The molecule has 0 saturated carbocycles. The van der Waals surface area contributed by atoms with E-state index in [4.69, 9.17) is 11.6 Å². The number of hydrogen-bond donors (Lipinski definition) is 0. The molecular formula is C12H9ClN4. The Balaban J connectivity index is 2.31. The highest BCUT2D eigenvalue weighted by Gasteiger charge is 2.10. The summed E-state index contributed by atoms with van der Waals surface area (Å²) >= 11 is 5.99. The van der Waals surface area contributed by atoms with Crippen LogP contribution in [0.15, 0.2) is 36.8 Å². The molecule has 0 unspecified atom stereocenters. The Morgan fingerprint density at radius 3 is 2.88 bits per heavy atom. The molecule has 0 N–H and O–H groups in total. The summed E-state index contributed by atoms with van der Waals surface area (Å²) in [6.07, 6.45) is 3.26. The molecule has 84 valence electrons. The van der Waals surface area contributed by atoms with Crippen molar-refractivity contribution in [2.24, 2.45) is 0 Å². The summed E-state index contributed by atoms with van der Waals surface area (Å²) in [5.74, 6) is 0.714. The Bertz CT molecular complexity index is 690. The van der Waals surface area contributed by atoms with Gasteiger partial charge in [-0.15, -0.1) is 0 Å². The molecule has 0 atom stereocenters. The van der Waals surface area contributed by atoms with Crippen molar-refractivity contribution in [1.82, 2.24) is 19.7 Å². The van der Waals surface area contributed by atoms with Crippen LogP contribution in [0.4, 0.5) is 0 Å². The number of benzene rings is 1. The number of rotatable bonds is 1. The molecule has 0 spiro atoms. The molecule has 0 bridgehead atoms. The summed E-state index contributed by atoms with van der Waals surface area (Å²) < 4.78 is 1.78. The number of fused-ring (bicyclic) bond motifs is 1. The van der Waals surface area contributed by atoms with Crippen LogP contribution >= 0.6 is 11.6 Å². The SMILES string of the molecule is Cc1c(Cl)ncnc1-n1ncc2ccccc21. The molecule has 3 aromatic rings. The van der Waals surface area contributed by atoms with Crippen molar-refractivity contribution in [2.75, 3.05) is 0 Å². The Morgan fingerprint density at radius 2 is 2.00 bits per heavy atom. The molecule has 0 aliphatic rings. The summed E-state index contributed by atoms with van der Waals surface area (Å²) in [6.45, 7) is 1.88. The van der Waals surface area contributed by atoms with Crippen LogP contribution < -0.4 is 0 Å². The number of para-hydroxylation sites is 1. The van der Waals surface area contributed by atoms with Crippen LogP contribution in [0.3, 0.4) is 0 Å². The van der Waals surface area contributed by atoms with E-state index in [1.54, 1.807) is 4.68 Å². The van der Waals surface area contributed by atoms with E-state index in [0.717, 1.165) is 16.5 Å². The minimum absolute atomic E-state index is 0.453. The van der Waals surface area contributed by atoms with Crippen molar-refractivity contribution < 1.29 is 0 Å². The lowest BCUT2D eigenvalue weighted by atomic mass is 10.2. The first-order valence-corrected chi connectivity index (χ1v) is 5.55. The lowest BCUT2D eigenvalue weighted by Crippen LogP contribution is -2.03. The first-order valence-electron chi connectivity index (χ1n) is 5.17. The molecule has 2 aromatic heterocycles. The fraction of sp³-hybridized carbons (Fsp3) is 0.0833. The van der Waals surface area contributed by atoms with Gasteiger partial charge in [-0.3, -0.25) is 0 Å². The molecule has 0 aliphatic heterocycles. The predicted octanol–water partition coefficient (Wildman–Crippen LogP) is 2.78. The van der Waals surface area contributed by atoms with E-state index in [2.05, 4.69) is 15.1 Å². The van der Waals surface area contributed by atoms with E-state index in [0.29, 0.717) is 11.0 Å². The highest BCUT2D eigenvalue weighted by molar-refractivity contribution is 6.30. The standard InChI is InChI=1S/C12H9ClN4/c1-8-11(13)14-7-15-12(8)17-10-5-3-2-4-9(10)6-16-17/h2-7H,1H3. The van der Waals surface area contributed by atoms with Gasteiger partial charge in [0, 0.05) is 10.9 Å². The monoisotopic (exact) mass is 244 g/mol. The van der Waals surface area contributed by atoms with Crippen molar-refractivity contribution in [2.45, 2.75) is 6.92 Å². The van der Waals surface area contributed by atoms with Crippen molar-refractivity contribution >= 4 is 22.5 Å². The fourth-order valence-corrected chi connectivity index (χ4v) is 1.90. The quantitative estimate of drug-likeness (QED) is 0.618. The normalized spacial score (nSPS) is 10.9. The molecule has 0 saturated heterocycles. The highest BCUT2D eigenvalue weighted by atomic mass is 35.5. The van der Waals surface area contributed by atoms with Crippen LogP contribution in [0, 0.1) is 6.92 Å². The largest absolute Gasteiger partial charge is 0.224 e. The molecule has 0 radical (unpaired) electrons. The molecule has 0 fully saturated rings. The van der Waals surface area contributed by atoms with Crippen LogP contribution in [0.1, 0.15) is 5.56 Å². The zero-order valence-corrected chi connectivity index (χ0v) is 9.89. The molecule has 2 heterocycles. The van der Waals surface area contributed by atoms with Crippen LogP contribution in [0.25, 0.3) is 16.7 Å². The summed E-state index contributed by atoms with van der Waals surface area (Å²) in [5, 5.41) is 5.86. The van der Waals surface area contributed by atoms with E-state index >= 15 is 0 Å². The smallest absolute Gasteiger partial charge is 0.161 e. The van der Waals surface area contributed by atoms with Crippen molar-refractivity contribution in [3.63, 3.8) is 0 Å². The maximum absolute atomic E-state index is 5.99. The number of nitrogens with zero attached hydrogens (tertiary/aromatic N) is 4. The number of aromatic nitrogens is 4. The van der Waals surface area contributed by atoms with Gasteiger partial charge in [0.2, 0.25) is 0 Å². The molecular weight excluding hydrogens is 236 g/mol. The second kappa shape index (κ2) is 3.82. The van der Waals surface area contributed by atoms with E-state index in [1.807, 2.05) is 37.4 Å². The van der Waals surface area contributed by atoms with Crippen molar-refractivity contribution in [3.05, 3.63) is 47.5 Å². The highest BCUT2D eigenvalue weighted by Crippen LogP contribution is 2.21. The van der Waals surface area contributed by atoms with E-state index in [-0.39, 0.29) is 0 Å². The third-order valence-corrected chi connectivity index (χ3v) is 3.05. The molecule has 0 amide bonds. The van der Waals surface area contributed by atoms with Gasteiger partial charge in [-0.2, -0.15) is 5.10 Å². The number of hydrogen-bond acceptors (Lipinski definition) is 3. The summed E-state index contributed by atoms with van der Waals surface area (Å²) in [5.41, 5.74) is 1.83. The van der Waals surface area contributed by atoms with Gasteiger partial charge >= 0.3 is 0 Å².